The van der Waals surface area contributed by atoms with E-state index in [1.54, 1.807) is 12.1 Å². The molecule has 1 radical (unpaired) electrons. The Morgan fingerprint density at radius 1 is 0.867 bits per heavy atom. The quantitative estimate of drug-likeness (QED) is 0.727. The Labute approximate surface area is 94.7 Å². The number of hydrogen-bond acceptors (Lipinski definition) is 0. The summed E-state index contributed by atoms with van der Waals surface area (Å²) >= 11 is 3.29. The summed E-state index contributed by atoms with van der Waals surface area (Å²) in [6.45, 7) is 0. The smallest absolute Gasteiger partial charge is 0.134 e. The predicted molar refractivity (Wildman–Crippen MR) is 58.3 cm³/mol. The van der Waals surface area contributed by atoms with E-state index in [9.17, 15) is 8.78 Å². The monoisotopic (exact) mass is 267 g/mol. The van der Waals surface area contributed by atoms with Crippen molar-refractivity contribution in [2.75, 3.05) is 0 Å². The summed E-state index contributed by atoms with van der Waals surface area (Å²) < 4.78 is 26.7. The molecule has 0 atom stereocenters. The molecule has 0 saturated heterocycles. The van der Waals surface area contributed by atoms with Crippen LogP contribution in [0.3, 0.4) is 0 Å². The van der Waals surface area contributed by atoms with Gasteiger partial charge >= 0.3 is 0 Å². The van der Waals surface area contributed by atoms with Crippen LogP contribution in [0.25, 0.3) is 11.1 Å². The third-order valence-corrected chi connectivity index (χ3v) is 2.51. The first-order valence-corrected chi connectivity index (χ1v) is 5.09. The molecule has 0 bridgehead atoms. The van der Waals surface area contributed by atoms with Gasteiger partial charge < -0.3 is 0 Å². The number of rotatable bonds is 1. The van der Waals surface area contributed by atoms with Crippen molar-refractivity contribution in [2.45, 2.75) is 0 Å². The topological polar surface area (TPSA) is 0 Å². The molecule has 0 spiro atoms. The van der Waals surface area contributed by atoms with Gasteiger partial charge in [-0.05, 0) is 35.4 Å². The van der Waals surface area contributed by atoms with Gasteiger partial charge in [0.05, 0.1) is 6.07 Å². The lowest BCUT2D eigenvalue weighted by Gasteiger charge is -2.02. The third-order valence-electron chi connectivity index (χ3n) is 1.98. The molecule has 2 aromatic carbocycles. The highest BCUT2D eigenvalue weighted by Crippen LogP contribution is 2.23. The maximum absolute atomic E-state index is 12.9. The normalized spacial score (nSPS) is 10.3. The molecule has 0 aliphatic heterocycles. The van der Waals surface area contributed by atoms with Gasteiger partial charge in [0.15, 0.2) is 0 Å². The van der Waals surface area contributed by atoms with Crippen LogP contribution in [-0.2, 0) is 0 Å². The van der Waals surface area contributed by atoms with E-state index in [0.717, 1.165) is 10.0 Å². The molecular formula is C12H6BrF2. The van der Waals surface area contributed by atoms with E-state index in [1.165, 1.54) is 12.1 Å². The van der Waals surface area contributed by atoms with Crippen molar-refractivity contribution in [1.29, 1.82) is 0 Å². The van der Waals surface area contributed by atoms with Crippen molar-refractivity contribution in [3.05, 3.63) is 58.6 Å². The summed E-state index contributed by atoms with van der Waals surface area (Å²) in [5.74, 6) is -1.37. The van der Waals surface area contributed by atoms with Crippen molar-refractivity contribution >= 4 is 15.9 Å². The van der Waals surface area contributed by atoms with Crippen LogP contribution in [0.5, 0.6) is 0 Å². The van der Waals surface area contributed by atoms with Gasteiger partial charge in [-0.15, -0.1) is 0 Å². The largest absolute Gasteiger partial charge is 0.206 e. The van der Waals surface area contributed by atoms with E-state index in [0.29, 0.717) is 5.56 Å². The Morgan fingerprint density at radius 3 is 1.93 bits per heavy atom. The van der Waals surface area contributed by atoms with Crippen molar-refractivity contribution in [2.24, 2.45) is 0 Å². The van der Waals surface area contributed by atoms with Crippen LogP contribution in [0.4, 0.5) is 8.78 Å². The van der Waals surface area contributed by atoms with Crippen molar-refractivity contribution in [3.63, 3.8) is 0 Å². The minimum atomic E-state index is -0.687. The summed E-state index contributed by atoms with van der Waals surface area (Å²) in [7, 11) is 0. The highest BCUT2D eigenvalue weighted by molar-refractivity contribution is 9.10. The second kappa shape index (κ2) is 4.11. The summed E-state index contributed by atoms with van der Waals surface area (Å²) in [4.78, 5) is 0. The zero-order chi connectivity index (χ0) is 10.8. The summed E-state index contributed by atoms with van der Waals surface area (Å²) in [6, 6.07) is 11.7. The second-order valence-corrected chi connectivity index (χ2v) is 3.99. The van der Waals surface area contributed by atoms with Crippen molar-refractivity contribution in [3.8, 4) is 11.1 Å². The van der Waals surface area contributed by atoms with E-state index in [2.05, 4.69) is 15.9 Å². The Morgan fingerprint density at radius 2 is 1.40 bits per heavy atom. The molecule has 15 heavy (non-hydrogen) atoms. The molecule has 2 rings (SSSR count). The molecule has 3 heteroatoms. The van der Waals surface area contributed by atoms with E-state index < -0.39 is 11.6 Å². The molecular weight excluding hydrogens is 262 g/mol. The zero-order valence-corrected chi connectivity index (χ0v) is 9.18. The summed E-state index contributed by atoms with van der Waals surface area (Å²) in [5, 5.41) is 0. The lowest BCUT2D eigenvalue weighted by atomic mass is 10.1. The zero-order valence-electron chi connectivity index (χ0n) is 7.60. The first kappa shape index (κ1) is 10.3. The fourth-order valence-corrected chi connectivity index (χ4v) is 1.57. The van der Waals surface area contributed by atoms with Crippen LogP contribution in [0.1, 0.15) is 0 Å². The average molecular weight is 268 g/mol. The molecule has 0 amide bonds. The first-order chi connectivity index (χ1) is 7.15. The van der Waals surface area contributed by atoms with Crippen LogP contribution in [0.15, 0.2) is 40.9 Å². The molecule has 0 unspecified atom stereocenters. The summed E-state index contributed by atoms with van der Waals surface area (Å²) in [6.07, 6.45) is 0. The molecule has 0 aromatic heterocycles. The number of hydrogen-bond donors (Lipinski definition) is 0. The van der Waals surface area contributed by atoms with Gasteiger partial charge in [0.25, 0.3) is 0 Å². The molecule has 0 nitrogen and oxygen atoms in total. The maximum Gasteiger partial charge on any atom is 0.134 e. The van der Waals surface area contributed by atoms with E-state index in [1.807, 2.05) is 18.2 Å². The molecule has 2 aromatic rings. The Bertz CT molecular complexity index is 457. The van der Waals surface area contributed by atoms with Gasteiger partial charge in [-0.2, -0.15) is 0 Å². The van der Waals surface area contributed by atoms with E-state index in [4.69, 9.17) is 0 Å². The second-order valence-electron chi connectivity index (χ2n) is 3.07. The first-order valence-electron chi connectivity index (χ1n) is 4.29. The standard InChI is InChI=1S/C12H6BrF2/c13-10-3-1-8(2-4-10)9-5-11(14)7-12(15)6-9/h1-6H. The van der Waals surface area contributed by atoms with E-state index >= 15 is 0 Å². The van der Waals surface area contributed by atoms with Gasteiger partial charge in [-0.1, -0.05) is 28.1 Å². The molecule has 0 N–H and O–H groups in total. The van der Waals surface area contributed by atoms with Gasteiger partial charge in [0, 0.05) is 4.47 Å². The highest BCUT2D eigenvalue weighted by atomic mass is 79.9. The van der Waals surface area contributed by atoms with E-state index in [-0.39, 0.29) is 0 Å². The predicted octanol–water partition coefficient (Wildman–Crippen LogP) is 4.19. The minimum absolute atomic E-state index is 0.510. The van der Waals surface area contributed by atoms with Gasteiger partial charge in [-0.3, -0.25) is 0 Å². The third kappa shape index (κ3) is 2.42. The number of halogens is 3. The van der Waals surface area contributed by atoms with Crippen LogP contribution in [0.2, 0.25) is 0 Å². The van der Waals surface area contributed by atoms with Gasteiger partial charge in [-0.25, -0.2) is 8.78 Å². The van der Waals surface area contributed by atoms with Crippen LogP contribution < -0.4 is 0 Å². The Hall–Kier alpha value is -1.22. The number of benzene rings is 2. The fraction of sp³-hybridized carbons (Fsp3) is 0. The summed E-state index contributed by atoms with van der Waals surface area (Å²) in [5.41, 5.74) is 1.28. The highest BCUT2D eigenvalue weighted by Gasteiger charge is 2.03. The van der Waals surface area contributed by atoms with Crippen molar-refractivity contribution in [1.82, 2.24) is 0 Å². The van der Waals surface area contributed by atoms with Gasteiger partial charge in [0.1, 0.15) is 11.6 Å². The average Bonchev–Trinajstić information content (AvgIpc) is 2.17. The minimum Gasteiger partial charge on any atom is -0.206 e. The van der Waals surface area contributed by atoms with Crippen LogP contribution >= 0.6 is 15.9 Å². The fourth-order valence-electron chi connectivity index (χ4n) is 1.31. The molecule has 0 aliphatic carbocycles. The molecule has 0 aliphatic rings. The Kier molecular flexibility index (Phi) is 2.82. The SMILES string of the molecule is Fc1[c]c(F)cc(-c2ccc(Br)cc2)c1. The Balaban J connectivity index is 2.49. The molecule has 75 valence electrons. The van der Waals surface area contributed by atoms with Crippen LogP contribution in [-0.4, -0.2) is 0 Å². The molecule has 0 fully saturated rings. The maximum atomic E-state index is 12.9. The molecule has 0 heterocycles. The lowest BCUT2D eigenvalue weighted by molar-refractivity contribution is 0.580. The van der Waals surface area contributed by atoms with Gasteiger partial charge in [0.2, 0.25) is 0 Å². The molecule has 0 saturated carbocycles. The van der Waals surface area contributed by atoms with Crippen LogP contribution in [0, 0.1) is 17.7 Å². The lowest BCUT2D eigenvalue weighted by Crippen LogP contribution is -1.84. The van der Waals surface area contributed by atoms with Crippen molar-refractivity contribution < 1.29 is 8.78 Å².